The molecule has 2 aliphatic rings. The largest absolute Gasteiger partial charge is 0.496 e. The SMILES string of the molecule is COc1ccc(CN2C[C@@H](O)[C@H](N3CCN(C)CC3)C2)cc1C(=O)O. The number of carboxylic acid groups (broad SMARTS) is 1. The molecule has 0 unspecified atom stereocenters. The molecule has 2 aliphatic heterocycles. The van der Waals surface area contributed by atoms with Crippen molar-refractivity contribution >= 4 is 5.97 Å². The lowest BCUT2D eigenvalue weighted by molar-refractivity contribution is 0.0512. The van der Waals surface area contributed by atoms with Gasteiger partial charge in [-0.15, -0.1) is 0 Å². The second-order valence-electron chi connectivity index (χ2n) is 7.01. The van der Waals surface area contributed by atoms with Gasteiger partial charge in [-0.1, -0.05) is 6.07 Å². The van der Waals surface area contributed by atoms with Crippen LogP contribution in [0.3, 0.4) is 0 Å². The van der Waals surface area contributed by atoms with Crippen LogP contribution in [0.25, 0.3) is 0 Å². The summed E-state index contributed by atoms with van der Waals surface area (Å²) in [6.45, 7) is 6.08. The van der Waals surface area contributed by atoms with Crippen molar-refractivity contribution in [3.05, 3.63) is 29.3 Å². The Kier molecular flexibility index (Phi) is 5.58. The van der Waals surface area contributed by atoms with Crippen molar-refractivity contribution in [3.8, 4) is 5.75 Å². The van der Waals surface area contributed by atoms with Gasteiger partial charge in [-0.2, -0.15) is 0 Å². The molecule has 2 heterocycles. The van der Waals surface area contributed by atoms with E-state index in [1.54, 1.807) is 12.1 Å². The highest BCUT2D eigenvalue weighted by molar-refractivity contribution is 5.91. The molecule has 2 atom stereocenters. The molecule has 7 nitrogen and oxygen atoms in total. The number of carbonyl (C=O) groups is 1. The third-order valence-corrected chi connectivity index (χ3v) is 5.24. The monoisotopic (exact) mass is 349 g/mol. The lowest BCUT2D eigenvalue weighted by Crippen LogP contribution is -2.52. The van der Waals surface area contributed by atoms with E-state index in [1.165, 1.54) is 7.11 Å². The lowest BCUT2D eigenvalue weighted by atomic mass is 10.1. The van der Waals surface area contributed by atoms with Crippen molar-refractivity contribution in [3.63, 3.8) is 0 Å². The van der Waals surface area contributed by atoms with Gasteiger partial charge in [-0.25, -0.2) is 4.79 Å². The zero-order valence-corrected chi connectivity index (χ0v) is 14.9. The number of ether oxygens (including phenoxy) is 1. The number of nitrogens with zero attached hydrogens (tertiary/aromatic N) is 3. The first-order valence-corrected chi connectivity index (χ1v) is 8.71. The first-order chi connectivity index (χ1) is 12.0. The second-order valence-corrected chi connectivity index (χ2v) is 7.01. The fraction of sp³-hybridized carbons (Fsp3) is 0.611. The predicted molar refractivity (Wildman–Crippen MR) is 94.1 cm³/mol. The highest BCUT2D eigenvalue weighted by atomic mass is 16.5. The van der Waals surface area contributed by atoms with Crippen LogP contribution in [-0.4, -0.2) is 96.5 Å². The van der Waals surface area contributed by atoms with Gasteiger partial charge in [-0.05, 0) is 24.7 Å². The fourth-order valence-electron chi connectivity index (χ4n) is 3.77. The molecule has 2 N–H and O–H groups in total. The summed E-state index contributed by atoms with van der Waals surface area (Å²) in [5, 5.41) is 19.8. The van der Waals surface area contributed by atoms with E-state index < -0.39 is 5.97 Å². The molecule has 1 aromatic carbocycles. The quantitative estimate of drug-likeness (QED) is 0.786. The van der Waals surface area contributed by atoms with E-state index in [2.05, 4.69) is 21.7 Å². The van der Waals surface area contributed by atoms with Crippen molar-refractivity contribution in [2.24, 2.45) is 0 Å². The number of likely N-dealkylation sites (N-methyl/N-ethyl adjacent to an activating group) is 1. The van der Waals surface area contributed by atoms with Gasteiger partial charge < -0.3 is 19.8 Å². The molecule has 2 fully saturated rings. The molecule has 0 spiro atoms. The Morgan fingerprint density at radius 3 is 2.60 bits per heavy atom. The van der Waals surface area contributed by atoms with Gasteiger partial charge in [0.25, 0.3) is 0 Å². The van der Waals surface area contributed by atoms with Crippen LogP contribution in [0.5, 0.6) is 5.75 Å². The Balaban J connectivity index is 1.64. The van der Waals surface area contributed by atoms with Crippen LogP contribution in [0, 0.1) is 0 Å². The van der Waals surface area contributed by atoms with Gasteiger partial charge in [-0.3, -0.25) is 9.80 Å². The Bertz CT molecular complexity index is 616. The number of likely N-dealkylation sites (tertiary alicyclic amines) is 1. The summed E-state index contributed by atoms with van der Waals surface area (Å²) < 4.78 is 5.11. The van der Waals surface area contributed by atoms with E-state index in [0.29, 0.717) is 18.8 Å². The molecule has 0 bridgehead atoms. The van der Waals surface area contributed by atoms with Crippen molar-refractivity contribution < 1.29 is 19.7 Å². The normalized spacial score (nSPS) is 26.0. The second kappa shape index (κ2) is 7.70. The summed E-state index contributed by atoms with van der Waals surface area (Å²) in [6, 6.07) is 5.41. The molecule has 138 valence electrons. The standard InChI is InChI=1S/C18H27N3O4/c1-19-5-7-21(8-6-19)15-11-20(12-16(15)22)10-13-3-4-17(25-2)14(9-13)18(23)24/h3-4,9,15-16,22H,5-8,10-12H2,1-2H3,(H,23,24)/t15-,16-/m1/s1. The van der Waals surface area contributed by atoms with Gasteiger partial charge in [0, 0.05) is 51.9 Å². The summed E-state index contributed by atoms with van der Waals surface area (Å²) in [5.41, 5.74) is 1.10. The lowest BCUT2D eigenvalue weighted by Gasteiger charge is -2.37. The number of aliphatic hydroxyl groups is 1. The predicted octanol–water partition coefficient (Wildman–Crippen LogP) is 0.186. The fourth-order valence-corrected chi connectivity index (χ4v) is 3.77. The molecular formula is C18H27N3O4. The minimum Gasteiger partial charge on any atom is -0.496 e. The van der Waals surface area contributed by atoms with E-state index in [1.807, 2.05) is 6.07 Å². The third kappa shape index (κ3) is 4.12. The van der Waals surface area contributed by atoms with Gasteiger partial charge in [0.2, 0.25) is 0 Å². The molecule has 2 saturated heterocycles. The number of aromatic carboxylic acids is 1. The van der Waals surface area contributed by atoms with Crippen molar-refractivity contribution in [1.82, 2.24) is 14.7 Å². The summed E-state index contributed by atoms with van der Waals surface area (Å²) >= 11 is 0. The number of carboxylic acids is 1. The van der Waals surface area contributed by atoms with Crippen LogP contribution in [0.1, 0.15) is 15.9 Å². The summed E-state index contributed by atoms with van der Waals surface area (Å²) in [7, 11) is 3.59. The van der Waals surface area contributed by atoms with Crippen LogP contribution < -0.4 is 4.74 Å². The summed E-state index contributed by atoms with van der Waals surface area (Å²) in [5.74, 6) is -0.622. The van der Waals surface area contributed by atoms with Crippen LogP contribution in [0.4, 0.5) is 0 Å². The maximum atomic E-state index is 11.4. The maximum absolute atomic E-state index is 11.4. The molecule has 1 aromatic rings. The zero-order chi connectivity index (χ0) is 18.0. The van der Waals surface area contributed by atoms with E-state index in [0.717, 1.165) is 38.3 Å². The molecule has 0 aliphatic carbocycles. The number of hydrogen-bond acceptors (Lipinski definition) is 6. The molecular weight excluding hydrogens is 322 g/mol. The molecule has 7 heteroatoms. The van der Waals surface area contributed by atoms with Gasteiger partial charge in [0.1, 0.15) is 11.3 Å². The van der Waals surface area contributed by atoms with Crippen molar-refractivity contribution in [2.75, 3.05) is 53.4 Å². The first kappa shape index (κ1) is 18.1. The van der Waals surface area contributed by atoms with Crippen LogP contribution in [0.2, 0.25) is 0 Å². The molecule has 0 amide bonds. The average Bonchev–Trinajstić information content (AvgIpc) is 2.95. The van der Waals surface area contributed by atoms with E-state index >= 15 is 0 Å². The van der Waals surface area contributed by atoms with E-state index in [-0.39, 0.29) is 17.7 Å². The van der Waals surface area contributed by atoms with Gasteiger partial charge >= 0.3 is 5.97 Å². The highest BCUT2D eigenvalue weighted by Gasteiger charge is 2.36. The van der Waals surface area contributed by atoms with Crippen molar-refractivity contribution in [1.29, 1.82) is 0 Å². The number of hydrogen-bond donors (Lipinski definition) is 2. The van der Waals surface area contributed by atoms with Crippen molar-refractivity contribution in [2.45, 2.75) is 18.7 Å². The maximum Gasteiger partial charge on any atom is 0.339 e. The van der Waals surface area contributed by atoms with E-state index in [4.69, 9.17) is 4.74 Å². The Morgan fingerprint density at radius 1 is 1.24 bits per heavy atom. The summed E-state index contributed by atoms with van der Waals surface area (Å²) in [4.78, 5) is 18.2. The van der Waals surface area contributed by atoms with Gasteiger partial charge in [0.05, 0.1) is 13.2 Å². The Morgan fingerprint density at radius 2 is 1.96 bits per heavy atom. The minimum absolute atomic E-state index is 0.158. The molecule has 25 heavy (non-hydrogen) atoms. The van der Waals surface area contributed by atoms with Crippen LogP contribution >= 0.6 is 0 Å². The smallest absolute Gasteiger partial charge is 0.339 e. The molecule has 3 rings (SSSR count). The van der Waals surface area contributed by atoms with Gasteiger partial charge in [0.15, 0.2) is 0 Å². The number of rotatable bonds is 5. The van der Waals surface area contributed by atoms with Crippen LogP contribution in [-0.2, 0) is 6.54 Å². The number of piperazine rings is 1. The minimum atomic E-state index is -0.990. The molecule has 0 radical (unpaired) electrons. The van der Waals surface area contributed by atoms with E-state index in [9.17, 15) is 15.0 Å². The number of aliphatic hydroxyl groups excluding tert-OH is 1. The van der Waals surface area contributed by atoms with Crippen LogP contribution in [0.15, 0.2) is 18.2 Å². The Labute approximate surface area is 148 Å². The average molecular weight is 349 g/mol. The number of methoxy groups -OCH3 is 1. The topological polar surface area (TPSA) is 76.5 Å². The zero-order valence-electron chi connectivity index (χ0n) is 14.9. The highest BCUT2D eigenvalue weighted by Crippen LogP contribution is 2.23. The third-order valence-electron chi connectivity index (χ3n) is 5.24. The number of benzene rings is 1. The first-order valence-electron chi connectivity index (χ1n) is 8.71. The summed E-state index contributed by atoms with van der Waals surface area (Å²) in [6.07, 6.45) is -0.361. The molecule has 0 saturated carbocycles. The molecule has 0 aromatic heterocycles. The Hall–Kier alpha value is -1.67. The number of β-amino-alcohol motifs (C(OH)–C–C–N with tert-alkyl or cyclic N) is 1.